The Labute approximate surface area is 142 Å². The fourth-order valence-electron chi connectivity index (χ4n) is 3.52. The molecule has 1 unspecified atom stereocenters. The number of hydrogen-bond donors (Lipinski definition) is 1. The van der Waals surface area contributed by atoms with Crippen molar-refractivity contribution in [2.24, 2.45) is 5.92 Å². The number of hydrogen-bond acceptors (Lipinski definition) is 4. The van der Waals surface area contributed by atoms with Crippen LogP contribution in [-0.4, -0.2) is 92.2 Å². The van der Waals surface area contributed by atoms with E-state index in [2.05, 4.69) is 10.2 Å². The Kier molecular flexibility index (Phi) is 7.31. The summed E-state index contributed by atoms with van der Waals surface area (Å²) in [6.07, 6.45) is -2.72. The molecule has 0 radical (unpaired) electrons. The summed E-state index contributed by atoms with van der Waals surface area (Å²) in [7, 11) is 0. The molecule has 0 spiro atoms. The summed E-state index contributed by atoms with van der Waals surface area (Å²) in [6, 6.07) is 0. The van der Waals surface area contributed by atoms with Crippen LogP contribution in [0, 0.1) is 5.92 Å². The number of alkyl halides is 3. The first kappa shape index (κ1) is 19.5. The van der Waals surface area contributed by atoms with Crippen molar-refractivity contribution in [3.8, 4) is 0 Å². The van der Waals surface area contributed by atoms with E-state index in [4.69, 9.17) is 0 Å². The van der Waals surface area contributed by atoms with E-state index in [9.17, 15) is 18.0 Å². The van der Waals surface area contributed by atoms with Gasteiger partial charge < -0.3 is 15.1 Å². The minimum Gasteiger partial charge on any atom is -0.340 e. The molecule has 0 aromatic heterocycles. The molecule has 2 heterocycles. The van der Waals surface area contributed by atoms with Crippen molar-refractivity contribution in [1.82, 2.24) is 20.0 Å². The second-order valence-corrected chi connectivity index (χ2v) is 6.78. The van der Waals surface area contributed by atoms with E-state index in [1.54, 1.807) is 6.92 Å². The van der Waals surface area contributed by atoms with E-state index < -0.39 is 12.7 Å². The molecule has 0 saturated carbocycles. The summed E-state index contributed by atoms with van der Waals surface area (Å²) >= 11 is 0. The molecule has 2 saturated heterocycles. The minimum absolute atomic E-state index is 0.187. The highest BCUT2D eigenvalue weighted by molar-refractivity contribution is 5.76. The average molecular weight is 350 g/mol. The number of carbonyl (C=O) groups is 1. The molecule has 2 rings (SSSR count). The third-order valence-electron chi connectivity index (χ3n) is 4.85. The lowest BCUT2D eigenvalue weighted by molar-refractivity contribution is -0.146. The van der Waals surface area contributed by atoms with Crippen molar-refractivity contribution >= 4 is 5.91 Å². The zero-order valence-corrected chi connectivity index (χ0v) is 14.4. The highest BCUT2D eigenvalue weighted by atomic mass is 19.4. The van der Waals surface area contributed by atoms with Crippen molar-refractivity contribution < 1.29 is 18.0 Å². The summed E-state index contributed by atoms with van der Waals surface area (Å²) in [5.41, 5.74) is 0. The SMILES string of the molecule is CCN(CC1CCN(CCC(=O)N2CCNCC2)C1)CC(F)(F)F. The number of nitrogens with one attached hydrogen (secondary N) is 1. The number of piperazine rings is 1. The summed E-state index contributed by atoms with van der Waals surface area (Å²) in [5, 5.41) is 3.22. The minimum atomic E-state index is -4.13. The van der Waals surface area contributed by atoms with Crippen LogP contribution in [0.15, 0.2) is 0 Å². The molecule has 0 aromatic rings. The molecule has 1 atom stereocenters. The third-order valence-corrected chi connectivity index (χ3v) is 4.85. The Hall–Kier alpha value is -0.860. The molecule has 2 fully saturated rings. The molecule has 0 aliphatic carbocycles. The number of halogens is 3. The van der Waals surface area contributed by atoms with Crippen LogP contribution >= 0.6 is 0 Å². The Bertz CT molecular complexity index is 399. The fourth-order valence-corrected chi connectivity index (χ4v) is 3.52. The van der Waals surface area contributed by atoms with Crippen LogP contribution in [0.1, 0.15) is 19.8 Å². The van der Waals surface area contributed by atoms with Crippen LogP contribution in [0.25, 0.3) is 0 Å². The molecule has 2 aliphatic heterocycles. The van der Waals surface area contributed by atoms with Crippen molar-refractivity contribution in [3.05, 3.63) is 0 Å². The Morgan fingerprint density at radius 2 is 1.96 bits per heavy atom. The van der Waals surface area contributed by atoms with Gasteiger partial charge in [0.25, 0.3) is 0 Å². The zero-order valence-electron chi connectivity index (χ0n) is 14.4. The monoisotopic (exact) mass is 350 g/mol. The normalized spacial score (nSPS) is 23.2. The molecule has 2 aliphatic rings. The molecule has 1 N–H and O–H groups in total. The molecule has 140 valence electrons. The standard InChI is InChI=1S/C16H29F3N4O/c1-2-21(13-16(17,18)19)11-14-3-7-22(12-14)8-4-15(24)23-9-5-20-6-10-23/h14,20H,2-13H2,1H3. The maximum absolute atomic E-state index is 12.5. The first-order valence-electron chi connectivity index (χ1n) is 8.87. The van der Waals surface area contributed by atoms with Crippen molar-refractivity contribution in [3.63, 3.8) is 0 Å². The largest absolute Gasteiger partial charge is 0.401 e. The molecule has 1 amide bonds. The van der Waals surface area contributed by atoms with Gasteiger partial charge in [-0.15, -0.1) is 0 Å². The predicted molar refractivity (Wildman–Crippen MR) is 86.8 cm³/mol. The number of likely N-dealkylation sites (tertiary alicyclic amines) is 1. The quantitative estimate of drug-likeness (QED) is 0.744. The highest BCUT2D eigenvalue weighted by Gasteiger charge is 2.32. The van der Waals surface area contributed by atoms with Crippen LogP contribution in [0.3, 0.4) is 0 Å². The van der Waals surface area contributed by atoms with E-state index in [-0.39, 0.29) is 11.8 Å². The van der Waals surface area contributed by atoms with Gasteiger partial charge in [-0.2, -0.15) is 13.2 Å². The van der Waals surface area contributed by atoms with E-state index >= 15 is 0 Å². The maximum atomic E-state index is 12.5. The molecule has 8 heteroatoms. The molecular formula is C16H29F3N4O. The summed E-state index contributed by atoms with van der Waals surface area (Å²) in [4.78, 5) is 17.7. The maximum Gasteiger partial charge on any atom is 0.401 e. The summed E-state index contributed by atoms with van der Waals surface area (Å²) in [5.74, 6) is 0.453. The van der Waals surface area contributed by atoms with Gasteiger partial charge in [-0.1, -0.05) is 6.92 Å². The number of nitrogens with zero attached hydrogens (tertiary/aromatic N) is 3. The van der Waals surface area contributed by atoms with Crippen LogP contribution in [0.2, 0.25) is 0 Å². The lowest BCUT2D eigenvalue weighted by atomic mass is 10.1. The van der Waals surface area contributed by atoms with Crippen LogP contribution < -0.4 is 5.32 Å². The third kappa shape index (κ3) is 6.57. The van der Waals surface area contributed by atoms with Gasteiger partial charge >= 0.3 is 6.18 Å². The Balaban J connectivity index is 1.67. The zero-order chi connectivity index (χ0) is 17.6. The van der Waals surface area contributed by atoms with E-state index in [1.165, 1.54) is 4.90 Å². The topological polar surface area (TPSA) is 38.8 Å². The highest BCUT2D eigenvalue weighted by Crippen LogP contribution is 2.21. The van der Waals surface area contributed by atoms with E-state index in [0.29, 0.717) is 26.1 Å². The van der Waals surface area contributed by atoms with Gasteiger partial charge in [0.1, 0.15) is 0 Å². The molecule has 5 nitrogen and oxygen atoms in total. The van der Waals surface area contributed by atoms with Crippen LogP contribution in [0.5, 0.6) is 0 Å². The van der Waals surface area contributed by atoms with Gasteiger partial charge in [0.2, 0.25) is 5.91 Å². The van der Waals surface area contributed by atoms with Gasteiger partial charge in [-0.05, 0) is 25.4 Å². The second-order valence-electron chi connectivity index (χ2n) is 6.78. The van der Waals surface area contributed by atoms with E-state index in [1.807, 2.05) is 4.90 Å². The van der Waals surface area contributed by atoms with Crippen molar-refractivity contribution in [2.75, 3.05) is 65.4 Å². The smallest absolute Gasteiger partial charge is 0.340 e. The average Bonchev–Trinajstić information content (AvgIpc) is 2.99. The Morgan fingerprint density at radius 3 is 2.58 bits per heavy atom. The molecular weight excluding hydrogens is 321 g/mol. The van der Waals surface area contributed by atoms with Crippen molar-refractivity contribution in [2.45, 2.75) is 25.9 Å². The molecule has 0 bridgehead atoms. The number of amides is 1. The Morgan fingerprint density at radius 1 is 1.25 bits per heavy atom. The molecule has 24 heavy (non-hydrogen) atoms. The van der Waals surface area contributed by atoms with Crippen LogP contribution in [-0.2, 0) is 4.79 Å². The molecule has 0 aromatic carbocycles. The van der Waals surface area contributed by atoms with Gasteiger partial charge in [0.05, 0.1) is 6.54 Å². The predicted octanol–water partition coefficient (Wildman–Crippen LogP) is 1.01. The van der Waals surface area contributed by atoms with Gasteiger partial charge in [0.15, 0.2) is 0 Å². The van der Waals surface area contributed by atoms with Crippen LogP contribution in [0.4, 0.5) is 13.2 Å². The number of rotatable bonds is 7. The van der Waals surface area contributed by atoms with Gasteiger partial charge in [0, 0.05) is 52.2 Å². The lowest BCUT2D eigenvalue weighted by Gasteiger charge is -2.28. The first-order valence-corrected chi connectivity index (χ1v) is 8.87. The summed E-state index contributed by atoms with van der Waals surface area (Å²) < 4.78 is 37.6. The number of carbonyl (C=O) groups excluding carboxylic acids is 1. The lowest BCUT2D eigenvalue weighted by Crippen LogP contribution is -2.47. The first-order chi connectivity index (χ1) is 11.4. The second kappa shape index (κ2) is 9.01. The van der Waals surface area contributed by atoms with Crippen molar-refractivity contribution in [1.29, 1.82) is 0 Å². The van der Waals surface area contributed by atoms with E-state index in [0.717, 1.165) is 45.7 Å². The van der Waals surface area contributed by atoms with Gasteiger partial charge in [-0.3, -0.25) is 9.69 Å². The summed E-state index contributed by atoms with van der Waals surface area (Å²) in [6.45, 7) is 7.46. The fraction of sp³-hybridized carbons (Fsp3) is 0.938. The van der Waals surface area contributed by atoms with Gasteiger partial charge in [-0.25, -0.2) is 0 Å².